The molecule has 158 valence electrons. The van der Waals surface area contributed by atoms with E-state index < -0.39 is 54.6 Å². The van der Waals surface area contributed by atoms with Gasteiger partial charge in [-0.25, -0.2) is 18.0 Å². The number of benzene rings is 1. The second kappa shape index (κ2) is 8.35. The van der Waals surface area contributed by atoms with Crippen LogP contribution in [-0.4, -0.2) is 50.4 Å². The van der Waals surface area contributed by atoms with Crippen LogP contribution in [0.1, 0.15) is 25.0 Å². The molecule has 2 aliphatic rings. The molecule has 0 fully saturated rings. The molecule has 9 heteroatoms. The Bertz CT molecular complexity index is 1080. The fourth-order valence-corrected chi connectivity index (χ4v) is 5.52. The zero-order valence-corrected chi connectivity index (χ0v) is 17.3. The van der Waals surface area contributed by atoms with Crippen molar-refractivity contribution in [1.29, 1.82) is 0 Å². The topological polar surface area (TPSA) is 121 Å². The van der Waals surface area contributed by atoms with E-state index in [2.05, 4.69) is 0 Å². The molecule has 0 amide bonds. The molecule has 30 heavy (non-hydrogen) atoms. The highest BCUT2D eigenvalue weighted by Gasteiger charge is 2.46. The van der Waals surface area contributed by atoms with Gasteiger partial charge in [0.2, 0.25) is 5.78 Å². The highest BCUT2D eigenvalue weighted by Crippen LogP contribution is 2.34. The Balaban J connectivity index is 2.11. The first kappa shape index (κ1) is 21.6. The molecule has 1 aromatic carbocycles. The van der Waals surface area contributed by atoms with Gasteiger partial charge in [0.1, 0.15) is 16.1 Å². The van der Waals surface area contributed by atoms with Crippen molar-refractivity contribution in [1.82, 2.24) is 0 Å². The molecule has 3 rings (SSSR count). The van der Waals surface area contributed by atoms with E-state index in [4.69, 9.17) is 9.47 Å². The van der Waals surface area contributed by atoms with E-state index in [-0.39, 0.29) is 26.1 Å². The summed E-state index contributed by atoms with van der Waals surface area (Å²) in [7, 11) is -4.45. The average Bonchev–Trinajstić information content (AvgIpc) is 3.14. The van der Waals surface area contributed by atoms with Gasteiger partial charge >= 0.3 is 11.9 Å². The molecule has 0 saturated carbocycles. The Morgan fingerprint density at radius 3 is 2.03 bits per heavy atom. The first-order chi connectivity index (χ1) is 14.2. The zero-order valence-electron chi connectivity index (χ0n) is 16.5. The van der Waals surface area contributed by atoms with Gasteiger partial charge in [0.25, 0.3) is 0 Å². The molecule has 1 aromatic rings. The number of carbonyl (C=O) groups excluding carboxylic acids is 4. The molecule has 0 atom stereocenters. The fraction of sp³-hybridized carbons (Fsp3) is 0.333. The van der Waals surface area contributed by atoms with Crippen LogP contribution in [0, 0.1) is 0 Å². The number of hydrogen-bond donors (Lipinski definition) is 0. The molecule has 2 aliphatic carbocycles. The lowest BCUT2D eigenvalue weighted by Gasteiger charge is -2.20. The van der Waals surface area contributed by atoms with Gasteiger partial charge in [0, 0.05) is 6.08 Å². The second-order valence-electron chi connectivity index (χ2n) is 6.74. The maximum Gasteiger partial charge on any atom is 0.343 e. The van der Waals surface area contributed by atoms with E-state index in [9.17, 15) is 27.6 Å². The number of carbonyl (C=O) groups is 4. The minimum atomic E-state index is -4.45. The van der Waals surface area contributed by atoms with Gasteiger partial charge in [-0.05, 0) is 37.8 Å². The molecular weight excluding hydrogens is 412 g/mol. The van der Waals surface area contributed by atoms with Crippen LogP contribution >= 0.6 is 0 Å². The summed E-state index contributed by atoms with van der Waals surface area (Å²) in [5.74, 6) is -4.65. The third-order valence-electron chi connectivity index (χ3n) is 4.91. The van der Waals surface area contributed by atoms with Gasteiger partial charge in [0.05, 0.1) is 18.5 Å². The van der Waals surface area contributed by atoms with Crippen LogP contribution in [-0.2, 0) is 51.3 Å². The Hall–Kier alpha value is -3.07. The van der Waals surface area contributed by atoms with Crippen LogP contribution in [0.2, 0.25) is 0 Å². The summed E-state index contributed by atoms with van der Waals surface area (Å²) in [6, 6.07) is 7.11. The molecule has 0 heterocycles. The maximum atomic E-state index is 13.4. The van der Waals surface area contributed by atoms with Gasteiger partial charge in [-0.3, -0.25) is 9.59 Å². The number of hydrogen-bond acceptors (Lipinski definition) is 8. The van der Waals surface area contributed by atoms with Gasteiger partial charge < -0.3 is 9.47 Å². The third-order valence-corrected chi connectivity index (χ3v) is 7.08. The van der Waals surface area contributed by atoms with Crippen molar-refractivity contribution >= 4 is 33.3 Å². The molecule has 8 nitrogen and oxygen atoms in total. The standard InChI is InChI=1S/C21H20O8S/c1-3-28-20(24)15-11-16(22)17(21(25)29-4-2)19(18(15)23)30(26,27)14-9-12-7-5-6-8-13(12)10-14/h5-8,11,14H,3-4,9-10H2,1-2H3. The van der Waals surface area contributed by atoms with Crippen LogP contribution < -0.4 is 0 Å². The van der Waals surface area contributed by atoms with Crippen LogP contribution in [0.15, 0.2) is 46.4 Å². The molecule has 0 aliphatic heterocycles. The number of ketones is 2. The van der Waals surface area contributed by atoms with Crippen LogP contribution in [0.5, 0.6) is 0 Å². The smallest absolute Gasteiger partial charge is 0.343 e. The van der Waals surface area contributed by atoms with Crippen molar-refractivity contribution in [2.75, 3.05) is 13.2 Å². The Morgan fingerprint density at radius 2 is 1.50 bits per heavy atom. The normalized spacial score (nSPS) is 16.9. The monoisotopic (exact) mass is 432 g/mol. The van der Waals surface area contributed by atoms with Crippen LogP contribution in [0.3, 0.4) is 0 Å². The molecule has 0 N–H and O–H groups in total. The number of allylic oxidation sites excluding steroid dienone is 2. The third kappa shape index (κ3) is 3.72. The van der Waals surface area contributed by atoms with E-state index in [0.717, 1.165) is 11.1 Å². The number of sulfone groups is 1. The molecule has 0 saturated heterocycles. The average molecular weight is 432 g/mol. The summed E-state index contributed by atoms with van der Waals surface area (Å²) >= 11 is 0. The quantitative estimate of drug-likeness (QED) is 0.371. The molecule has 0 bridgehead atoms. The van der Waals surface area contributed by atoms with Crippen molar-refractivity contribution in [2.24, 2.45) is 0 Å². The molecule has 0 spiro atoms. The van der Waals surface area contributed by atoms with Crippen LogP contribution in [0.25, 0.3) is 0 Å². The van der Waals surface area contributed by atoms with Gasteiger partial charge in [-0.1, -0.05) is 24.3 Å². The SMILES string of the molecule is CCOC(=O)C1=CC(=O)C(C(=O)OCC)=C(S(=O)(=O)C2Cc3ccccc3C2)C1=O. The Labute approximate surface area is 173 Å². The second-order valence-corrected chi connectivity index (χ2v) is 8.91. The van der Waals surface area contributed by atoms with E-state index >= 15 is 0 Å². The van der Waals surface area contributed by atoms with Gasteiger partial charge in [-0.2, -0.15) is 0 Å². The molecule has 0 radical (unpaired) electrons. The van der Waals surface area contributed by atoms with Crippen molar-refractivity contribution < 1.29 is 37.1 Å². The number of fused-ring (bicyclic) bond motifs is 1. The number of esters is 2. The zero-order chi connectivity index (χ0) is 22.1. The van der Waals surface area contributed by atoms with E-state index in [0.29, 0.717) is 6.08 Å². The largest absolute Gasteiger partial charge is 0.462 e. The number of rotatable bonds is 6. The fourth-order valence-electron chi connectivity index (χ4n) is 3.55. The van der Waals surface area contributed by atoms with E-state index in [1.165, 1.54) is 13.8 Å². The summed E-state index contributed by atoms with van der Waals surface area (Å²) in [4.78, 5) is 49.1. The minimum Gasteiger partial charge on any atom is -0.462 e. The predicted molar refractivity (Wildman–Crippen MR) is 105 cm³/mol. The molecule has 0 unspecified atom stereocenters. The summed E-state index contributed by atoms with van der Waals surface area (Å²) < 4.78 is 36.5. The van der Waals surface area contributed by atoms with Crippen molar-refractivity contribution in [3.63, 3.8) is 0 Å². The lowest BCUT2D eigenvalue weighted by Crippen LogP contribution is -2.36. The number of Topliss-reactive ketones (excluding diaryl/α,β-unsaturated/α-hetero) is 1. The van der Waals surface area contributed by atoms with E-state index in [1.807, 2.05) is 0 Å². The summed E-state index contributed by atoms with van der Waals surface area (Å²) in [6.45, 7) is 2.78. The van der Waals surface area contributed by atoms with Gasteiger partial charge in [0.15, 0.2) is 15.6 Å². The highest BCUT2D eigenvalue weighted by molar-refractivity contribution is 7.97. The lowest BCUT2D eigenvalue weighted by atomic mass is 9.96. The van der Waals surface area contributed by atoms with E-state index in [1.54, 1.807) is 24.3 Å². The lowest BCUT2D eigenvalue weighted by molar-refractivity contribution is -0.142. The number of ether oxygens (including phenoxy) is 2. The van der Waals surface area contributed by atoms with Gasteiger partial charge in [-0.15, -0.1) is 0 Å². The van der Waals surface area contributed by atoms with Crippen molar-refractivity contribution in [2.45, 2.75) is 31.9 Å². The Morgan fingerprint density at radius 1 is 0.967 bits per heavy atom. The summed E-state index contributed by atoms with van der Waals surface area (Å²) in [5.41, 5.74) is 0.0232. The molecular formula is C21H20O8S. The summed E-state index contributed by atoms with van der Waals surface area (Å²) in [6.07, 6.45) is 0.880. The Kier molecular flexibility index (Phi) is 6.02. The molecule has 0 aromatic heterocycles. The maximum absolute atomic E-state index is 13.4. The van der Waals surface area contributed by atoms with Crippen molar-refractivity contribution in [3.8, 4) is 0 Å². The highest BCUT2D eigenvalue weighted by atomic mass is 32.2. The van der Waals surface area contributed by atoms with Crippen molar-refractivity contribution in [3.05, 3.63) is 57.5 Å². The predicted octanol–water partition coefficient (Wildman–Crippen LogP) is 1.03. The summed E-state index contributed by atoms with van der Waals surface area (Å²) in [5, 5.41) is -1.05. The first-order valence-electron chi connectivity index (χ1n) is 9.42. The first-order valence-corrected chi connectivity index (χ1v) is 11.0. The van der Waals surface area contributed by atoms with Crippen LogP contribution in [0.4, 0.5) is 0 Å². The minimum absolute atomic E-state index is 0.0773.